The molecule has 1 saturated heterocycles. The highest BCUT2D eigenvalue weighted by Gasteiger charge is 2.29. The molecule has 2 rings (SSSR count). The van der Waals surface area contributed by atoms with E-state index in [-0.39, 0.29) is 11.6 Å². The largest absolute Gasteiger partial charge is 0.491 e. The van der Waals surface area contributed by atoms with Crippen LogP contribution < -0.4 is 10.1 Å². The van der Waals surface area contributed by atoms with Crippen LogP contribution in [0.4, 0.5) is 4.39 Å². The lowest BCUT2D eigenvalue weighted by atomic mass is 9.94. The van der Waals surface area contributed by atoms with E-state index in [1.165, 1.54) is 18.2 Å². The number of hydrogen-bond acceptors (Lipinski definition) is 3. The van der Waals surface area contributed by atoms with E-state index in [0.29, 0.717) is 18.6 Å². The fraction of sp³-hybridized carbons (Fsp3) is 0.500. The Morgan fingerprint density at radius 3 is 2.76 bits per heavy atom. The van der Waals surface area contributed by atoms with Crippen molar-refractivity contribution in [1.29, 1.82) is 0 Å². The molecule has 1 aliphatic heterocycles. The Labute approximate surface area is 105 Å². The maximum Gasteiger partial charge on any atom is 0.142 e. The van der Waals surface area contributed by atoms with Gasteiger partial charge in [0.15, 0.2) is 0 Å². The van der Waals surface area contributed by atoms with Gasteiger partial charge in [0.2, 0.25) is 0 Å². The average molecular weight is 260 g/mol. The Morgan fingerprint density at radius 1 is 1.41 bits per heavy atom. The molecule has 1 aromatic rings. The highest BCUT2D eigenvalue weighted by Crippen LogP contribution is 2.24. The van der Waals surface area contributed by atoms with Crippen molar-refractivity contribution in [2.24, 2.45) is 0 Å². The number of rotatable bonds is 3. The van der Waals surface area contributed by atoms with Gasteiger partial charge in [0.05, 0.1) is 5.02 Å². The predicted octanol–water partition coefficient (Wildman–Crippen LogP) is 1.97. The Hall–Kier alpha value is -0.840. The van der Waals surface area contributed by atoms with Crippen molar-refractivity contribution < 1.29 is 14.2 Å². The number of ether oxygens (including phenoxy) is 1. The third-order valence-electron chi connectivity index (χ3n) is 2.93. The minimum absolute atomic E-state index is 0.0276. The maximum atomic E-state index is 12.9. The van der Waals surface area contributed by atoms with Gasteiger partial charge in [0, 0.05) is 6.07 Å². The molecule has 3 nitrogen and oxygen atoms in total. The monoisotopic (exact) mass is 259 g/mol. The van der Waals surface area contributed by atoms with E-state index in [0.717, 1.165) is 13.1 Å². The molecule has 0 aromatic heterocycles. The molecule has 1 aromatic carbocycles. The van der Waals surface area contributed by atoms with Crippen molar-refractivity contribution in [1.82, 2.24) is 5.32 Å². The van der Waals surface area contributed by atoms with Gasteiger partial charge in [-0.25, -0.2) is 4.39 Å². The predicted molar refractivity (Wildman–Crippen MR) is 64.0 cm³/mol. The van der Waals surface area contributed by atoms with Crippen molar-refractivity contribution in [3.05, 3.63) is 29.0 Å². The lowest BCUT2D eigenvalue weighted by Gasteiger charge is -2.32. The first-order valence-corrected chi connectivity index (χ1v) is 5.98. The number of nitrogens with one attached hydrogen (secondary N) is 1. The van der Waals surface area contributed by atoms with Crippen LogP contribution in [0.1, 0.15) is 12.8 Å². The van der Waals surface area contributed by atoms with Crippen LogP contribution in [0.25, 0.3) is 0 Å². The second-order valence-corrected chi connectivity index (χ2v) is 4.75. The van der Waals surface area contributed by atoms with E-state index in [2.05, 4.69) is 5.32 Å². The van der Waals surface area contributed by atoms with E-state index in [1.807, 2.05) is 0 Å². The number of benzene rings is 1. The molecule has 0 amide bonds. The maximum absolute atomic E-state index is 12.9. The molecule has 1 heterocycles. The van der Waals surface area contributed by atoms with Crippen LogP contribution >= 0.6 is 11.6 Å². The molecule has 2 N–H and O–H groups in total. The summed E-state index contributed by atoms with van der Waals surface area (Å²) in [6.45, 7) is 1.77. The molecule has 0 spiro atoms. The first-order chi connectivity index (χ1) is 8.09. The van der Waals surface area contributed by atoms with E-state index in [9.17, 15) is 9.50 Å². The molecular weight excluding hydrogens is 245 g/mol. The molecule has 17 heavy (non-hydrogen) atoms. The smallest absolute Gasteiger partial charge is 0.142 e. The lowest BCUT2D eigenvalue weighted by molar-refractivity contribution is -0.0286. The van der Waals surface area contributed by atoms with Gasteiger partial charge in [-0.15, -0.1) is 0 Å². The van der Waals surface area contributed by atoms with Crippen molar-refractivity contribution in [2.45, 2.75) is 18.4 Å². The summed E-state index contributed by atoms with van der Waals surface area (Å²) in [5.41, 5.74) is -0.799. The van der Waals surface area contributed by atoms with Crippen LogP contribution in [-0.4, -0.2) is 30.4 Å². The van der Waals surface area contributed by atoms with Crippen LogP contribution in [0.5, 0.6) is 5.75 Å². The lowest BCUT2D eigenvalue weighted by Crippen LogP contribution is -2.45. The summed E-state index contributed by atoms with van der Waals surface area (Å²) in [6, 6.07) is 4.18. The van der Waals surface area contributed by atoms with Crippen LogP contribution in [0.15, 0.2) is 18.2 Å². The Balaban J connectivity index is 1.94. The minimum Gasteiger partial charge on any atom is -0.491 e. The first kappa shape index (κ1) is 12.6. The average Bonchev–Trinajstić information content (AvgIpc) is 2.32. The van der Waals surface area contributed by atoms with Gasteiger partial charge in [-0.1, -0.05) is 11.6 Å². The molecule has 1 fully saturated rings. The van der Waals surface area contributed by atoms with Gasteiger partial charge < -0.3 is 15.2 Å². The third-order valence-corrected chi connectivity index (χ3v) is 3.22. The van der Waals surface area contributed by atoms with Crippen molar-refractivity contribution in [3.8, 4) is 5.75 Å². The number of halogens is 2. The van der Waals surface area contributed by atoms with Gasteiger partial charge >= 0.3 is 0 Å². The summed E-state index contributed by atoms with van der Waals surface area (Å²) in [6.07, 6.45) is 1.31. The van der Waals surface area contributed by atoms with Gasteiger partial charge in [-0.3, -0.25) is 0 Å². The molecule has 0 atom stereocenters. The van der Waals surface area contributed by atoms with E-state index in [4.69, 9.17) is 16.3 Å². The van der Waals surface area contributed by atoms with Gasteiger partial charge in [-0.2, -0.15) is 0 Å². The quantitative estimate of drug-likeness (QED) is 0.872. The van der Waals surface area contributed by atoms with Crippen LogP contribution in [0, 0.1) is 5.82 Å². The number of piperidine rings is 1. The summed E-state index contributed by atoms with van der Waals surface area (Å²) >= 11 is 5.64. The number of hydrogen-bond donors (Lipinski definition) is 2. The van der Waals surface area contributed by atoms with Crippen molar-refractivity contribution in [3.63, 3.8) is 0 Å². The minimum atomic E-state index is -0.799. The van der Waals surface area contributed by atoms with Crippen LogP contribution in [0.2, 0.25) is 5.02 Å². The van der Waals surface area contributed by atoms with Gasteiger partial charge in [-0.05, 0) is 38.1 Å². The molecule has 5 heteroatoms. The fourth-order valence-corrected chi connectivity index (χ4v) is 1.99. The zero-order chi connectivity index (χ0) is 12.3. The molecule has 0 bridgehead atoms. The molecule has 1 aliphatic rings. The van der Waals surface area contributed by atoms with Crippen LogP contribution in [0.3, 0.4) is 0 Å². The molecular formula is C12H15ClFNO2. The molecule has 0 aliphatic carbocycles. The zero-order valence-electron chi connectivity index (χ0n) is 9.38. The fourth-order valence-electron chi connectivity index (χ4n) is 1.82. The van der Waals surface area contributed by atoms with E-state index in [1.54, 1.807) is 0 Å². The van der Waals surface area contributed by atoms with Crippen molar-refractivity contribution >= 4 is 11.6 Å². The molecule has 94 valence electrons. The molecule has 0 radical (unpaired) electrons. The zero-order valence-corrected chi connectivity index (χ0v) is 10.1. The second-order valence-electron chi connectivity index (χ2n) is 4.34. The van der Waals surface area contributed by atoms with Gasteiger partial charge in [0.25, 0.3) is 0 Å². The Morgan fingerprint density at radius 2 is 2.12 bits per heavy atom. The highest BCUT2D eigenvalue weighted by molar-refractivity contribution is 6.30. The van der Waals surface area contributed by atoms with Crippen LogP contribution in [-0.2, 0) is 0 Å². The summed E-state index contributed by atoms with van der Waals surface area (Å²) in [5.74, 6) is 0.00273. The summed E-state index contributed by atoms with van der Waals surface area (Å²) < 4.78 is 18.4. The third kappa shape index (κ3) is 3.31. The topological polar surface area (TPSA) is 41.5 Å². The highest BCUT2D eigenvalue weighted by atomic mass is 35.5. The first-order valence-electron chi connectivity index (χ1n) is 5.60. The van der Waals surface area contributed by atoms with E-state index < -0.39 is 11.4 Å². The Kier molecular flexibility index (Phi) is 3.86. The standard InChI is InChI=1S/C12H15ClFNO2/c13-10-7-9(1-2-11(10)14)17-8-12(16)3-5-15-6-4-12/h1-2,7,15-16H,3-6,8H2. The van der Waals surface area contributed by atoms with Crippen molar-refractivity contribution in [2.75, 3.05) is 19.7 Å². The SMILES string of the molecule is OC1(COc2ccc(F)c(Cl)c2)CCNCC1. The normalized spacial score (nSPS) is 19.0. The molecule has 0 unspecified atom stereocenters. The summed E-state index contributed by atoms with van der Waals surface area (Å²) in [4.78, 5) is 0. The van der Waals surface area contributed by atoms with Gasteiger partial charge in [0.1, 0.15) is 23.8 Å². The summed E-state index contributed by atoms with van der Waals surface area (Å²) in [7, 11) is 0. The Bertz CT molecular complexity index is 394. The number of aliphatic hydroxyl groups is 1. The second kappa shape index (κ2) is 5.21. The van der Waals surface area contributed by atoms with E-state index >= 15 is 0 Å². The molecule has 0 saturated carbocycles. The summed E-state index contributed by atoms with van der Waals surface area (Å²) in [5, 5.41) is 13.4.